The van der Waals surface area contributed by atoms with Crippen molar-refractivity contribution >= 4 is 5.69 Å². The van der Waals surface area contributed by atoms with Crippen LogP contribution >= 0.6 is 0 Å². The van der Waals surface area contributed by atoms with Crippen LogP contribution in [0.25, 0.3) is 0 Å². The van der Waals surface area contributed by atoms with Crippen LogP contribution in [0.15, 0.2) is 18.2 Å². The first kappa shape index (κ1) is 15.0. The maximum absolute atomic E-state index is 5.85. The normalized spacial score (nSPS) is 14.7. The topological polar surface area (TPSA) is 29.3 Å². The molecule has 2 nitrogen and oxygen atoms in total. The zero-order valence-corrected chi connectivity index (χ0v) is 12.7. The van der Waals surface area contributed by atoms with Crippen LogP contribution in [0.5, 0.6) is 0 Å². The summed E-state index contributed by atoms with van der Waals surface area (Å²) in [7, 11) is 2.18. The highest BCUT2D eigenvalue weighted by atomic mass is 15.1. The maximum Gasteiger partial charge on any atom is 0.0396 e. The van der Waals surface area contributed by atoms with Gasteiger partial charge < -0.3 is 10.6 Å². The van der Waals surface area contributed by atoms with E-state index in [2.05, 4.69) is 64.8 Å². The summed E-state index contributed by atoms with van der Waals surface area (Å²) in [5.41, 5.74) is 9.84. The number of hydrogen-bond donors (Lipinski definition) is 1. The van der Waals surface area contributed by atoms with Gasteiger partial charge in [-0.2, -0.15) is 0 Å². The Balaban J connectivity index is 2.91. The minimum absolute atomic E-state index is 0.225. The number of anilines is 1. The van der Waals surface area contributed by atoms with E-state index in [9.17, 15) is 0 Å². The van der Waals surface area contributed by atoms with Gasteiger partial charge in [0.15, 0.2) is 0 Å². The van der Waals surface area contributed by atoms with Gasteiger partial charge in [0.25, 0.3) is 0 Å². The van der Waals surface area contributed by atoms with Crippen molar-refractivity contribution in [2.75, 3.05) is 11.9 Å². The van der Waals surface area contributed by atoms with E-state index in [-0.39, 0.29) is 6.04 Å². The molecule has 2 N–H and O–H groups in total. The molecule has 102 valence electrons. The van der Waals surface area contributed by atoms with Crippen molar-refractivity contribution < 1.29 is 0 Å². The third-order valence-electron chi connectivity index (χ3n) is 3.77. The number of nitrogens with two attached hydrogens (primary N) is 1. The first-order valence-corrected chi connectivity index (χ1v) is 6.90. The molecule has 0 aliphatic heterocycles. The van der Waals surface area contributed by atoms with Crippen LogP contribution in [0.1, 0.15) is 38.8 Å². The van der Waals surface area contributed by atoms with Gasteiger partial charge in [0, 0.05) is 24.8 Å². The average Bonchev–Trinajstić information content (AvgIpc) is 2.26. The lowest BCUT2D eigenvalue weighted by molar-refractivity contribution is 0.505. The molecule has 0 heterocycles. The minimum atomic E-state index is 0.225. The van der Waals surface area contributed by atoms with E-state index < -0.39 is 0 Å². The molecule has 0 aromatic heterocycles. The zero-order chi connectivity index (χ0) is 13.9. The Morgan fingerprint density at radius 3 is 2.22 bits per heavy atom. The maximum atomic E-state index is 5.85. The summed E-state index contributed by atoms with van der Waals surface area (Å²) < 4.78 is 0. The Hall–Kier alpha value is -1.02. The van der Waals surface area contributed by atoms with Crippen LogP contribution in [-0.2, 0) is 6.42 Å². The van der Waals surface area contributed by atoms with Gasteiger partial charge in [-0.3, -0.25) is 0 Å². The predicted molar refractivity (Wildman–Crippen MR) is 81.2 cm³/mol. The Morgan fingerprint density at radius 1 is 1.17 bits per heavy atom. The molecule has 1 aromatic rings. The monoisotopic (exact) mass is 248 g/mol. The quantitative estimate of drug-likeness (QED) is 0.865. The number of aryl methyl sites for hydroxylation is 1. The van der Waals surface area contributed by atoms with Crippen molar-refractivity contribution in [3.05, 3.63) is 29.3 Å². The van der Waals surface area contributed by atoms with E-state index in [0.29, 0.717) is 12.0 Å². The molecule has 0 radical (unpaired) electrons. The Morgan fingerprint density at radius 2 is 1.78 bits per heavy atom. The number of hydrogen-bond acceptors (Lipinski definition) is 2. The summed E-state index contributed by atoms with van der Waals surface area (Å²) in [6, 6.07) is 7.47. The second-order valence-corrected chi connectivity index (χ2v) is 5.90. The van der Waals surface area contributed by atoms with E-state index in [1.807, 2.05) is 0 Å². The smallest absolute Gasteiger partial charge is 0.0396 e. The lowest BCUT2D eigenvalue weighted by Gasteiger charge is -2.31. The molecule has 0 spiro atoms. The van der Waals surface area contributed by atoms with E-state index in [1.54, 1.807) is 0 Å². The molecular formula is C16H28N2. The fourth-order valence-electron chi connectivity index (χ4n) is 2.28. The summed E-state index contributed by atoms with van der Waals surface area (Å²) >= 11 is 0. The summed E-state index contributed by atoms with van der Waals surface area (Å²) in [5.74, 6) is 0.651. The van der Waals surface area contributed by atoms with Crippen molar-refractivity contribution in [1.29, 1.82) is 0 Å². The fraction of sp³-hybridized carbons (Fsp3) is 0.625. The molecule has 2 unspecified atom stereocenters. The standard InChI is InChI=1S/C16H28N2/c1-11(2)14(5)18(6)16-8-7-15(9-12(16)3)10-13(4)17/h7-9,11,13-14H,10,17H2,1-6H3. The third kappa shape index (κ3) is 3.74. The van der Waals surface area contributed by atoms with Gasteiger partial charge in [-0.05, 0) is 50.3 Å². The van der Waals surface area contributed by atoms with Gasteiger partial charge in [-0.25, -0.2) is 0 Å². The summed E-state index contributed by atoms with van der Waals surface area (Å²) in [4.78, 5) is 2.37. The molecule has 0 saturated carbocycles. The molecular weight excluding hydrogens is 220 g/mol. The van der Waals surface area contributed by atoms with Gasteiger partial charge in [-0.1, -0.05) is 26.0 Å². The highest BCUT2D eigenvalue weighted by Gasteiger charge is 2.15. The SMILES string of the molecule is Cc1cc(CC(C)N)ccc1N(C)C(C)C(C)C. The van der Waals surface area contributed by atoms with Gasteiger partial charge in [-0.15, -0.1) is 0 Å². The third-order valence-corrected chi connectivity index (χ3v) is 3.77. The lowest BCUT2D eigenvalue weighted by atomic mass is 10.0. The first-order valence-electron chi connectivity index (χ1n) is 6.90. The predicted octanol–water partition coefficient (Wildman–Crippen LogP) is 3.37. The Kier molecular flexibility index (Phi) is 5.21. The van der Waals surface area contributed by atoms with Crippen molar-refractivity contribution in [2.24, 2.45) is 11.7 Å². The lowest BCUT2D eigenvalue weighted by Crippen LogP contribution is -2.33. The molecule has 18 heavy (non-hydrogen) atoms. The number of benzene rings is 1. The average molecular weight is 248 g/mol. The van der Waals surface area contributed by atoms with Crippen molar-refractivity contribution in [1.82, 2.24) is 0 Å². The van der Waals surface area contributed by atoms with Gasteiger partial charge in [0.1, 0.15) is 0 Å². The zero-order valence-electron chi connectivity index (χ0n) is 12.7. The van der Waals surface area contributed by atoms with Crippen molar-refractivity contribution in [3.63, 3.8) is 0 Å². The molecule has 0 fully saturated rings. The highest BCUT2D eigenvalue weighted by molar-refractivity contribution is 5.54. The van der Waals surface area contributed by atoms with Gasteiger partial charge in [0.2, 0.25) is 0 Å². The van der Waals surface area contributed by atoms with Gasteiger partial charge >= 0.3 is 0 Å². The molecule has 2 atom stereocenters. The molecule has 2 heteroatoms. The minimum Gasteiger partial charge on any atom is -0.371 e. The second-order valence-electron chi connectivity index (χ2n) is 5.90. The van der Waals surface area contributed by atoms with E-state index >= 15 is 0 Å². The van der Waals surface area contributed by atoms with Crippen LogP contribution in [0, 0.1) is 12.8 Å². The molecule has 0 aliphatic carbocycles. The summed E-state index contributed by atoms with van der Waals surface area (Å²) in [6.45, 7) is 11.0. The molecule has 0 aliphatic rings. The van der Waals surface area contributed by atoms with Crippen LogP contribution < -0.4 is 10.6 Å². The fourth-order valence-corrected chi connectivity index (χ4v) is 2.28. The van der Waals surface area contributed by atoms with Crippen LogP contribution in [-0.4, -0.2) is 19.1 Å². The number of rotatable bonds is 5. The van der Waals surface area contributed by atoms with E-state index in [0.717, 1.165) is 6.42 Å². The van der Waals surface area contributed by atoms with E-state index in [4.69, 9.17) is 5.73 Å². The number of nitrogens with zero attached hydrogens (tertiary/aromatic N) is 1. The molecule has 0 bridgehead atoms. The molecule has 1 rings (SSSR count). The highest BCUT2D eigenvalue weighted by Crippen LogP contribution is 2.24. The molecule has 0 amide bonds. The Bertz CT molecular complexity index is 383. The van der Waals surface area contributed by atoms with Crippen LogP contribution in [0.4, 0.5) is 5.69 Å². The summed E-state index contributed by atoms with van der Waals surface area (Å²) in [5, 5.41) is 0. The van der Waals surface area contributed by atoms with Gasteiger partial charge in [0.05, 0.1) is 0 Å². The summed E-state index contributed by atoms with van der Waals surface area (Å²) in [6.07, 6.45) is 0.949. The van der Waals surface area contributed by atoms with E-state index in [1.165, 1.54) is 16.8 Å². The Labute approximate surface area is 112 Å². The van der Waals surface area contributed by atoms with Crippen molar-refractivity contribution in [3.8, 4) is 0 Å². The first-order chi connectivity index (χ1) is 8.32. The van der Waals surface area contributed by atoms with Crippen molar-refractivity contribution in [2.45, 2.75) is 53.1 Å². The van der Waals surface area contributed by atoms with Crippen LogP contribution in [0.3, 0.4) is 0 Å². The van der Waals surface area contributed by atoms with Crippen LogP contribution in [0.2, 0.25) is 0 Å². The molecule has 1 aromatic carbocycles. The largest absolute Gasteiger partial charge is 0.371 e. The second kappa shape index (κ2) is 6.24. The molecule has 0 saturated heterocycles.